The van der Waals surface area contributed by atoms with Gasteiger partial charge in [0.2, 0.25) is 0 Å². The fraction of sp³-hybridized carbons (Fsp3) is 0.533. The minimum Gasteiger partial charge on any atom is -0.459 e. The van der Waals surface area contributed by atoms with Gasteiger partial charge in [-0.2, -0.15) is 52.7 Å². The van der Waals surface area contributed by atoms with E-state index in [1.807, 2.05) is 0 Å². The zero-order valence-electron chi connectivity index (χ0n) is 26.7. The number of hydrogen-bond donors (Lipinski definition) is 6. The Bertz CT molecular complexity index is 1580. The first-order valence-corrected chi connectivity index (χ1v) is 15.1. The van der Waals surface area contributed by atoms with Crippen molar-refractivity contribution in [1.82, 2.24) is 0 Å². The normalized spacial score (nSPS) is 29.5. The van der Waals surface area contributed by atoms with Gasteiger partial charge in [-0.1, -0.05) is 0 Å². The molecule has 2 aliphatic rings. The van der Waals surface area contributed by atoms with E-state index in [0.29, 0.717) is 0 Å². The molecule has 2 saturated heterocycles. The van der Waals surface area contributed by atoms with Crippen LogP contribution in [0.1, 0.15) is 43.0 Å². The Morgan fingerprint density at radius 3 is 1.13 bits per heavy atom. The van der Waals surface area contributed by atoms with Gasteiger partial charge in [-0.25, -0.2) is 9.59 Å². The average molecular weight is 823 g/mol. The molecule has 2 aromatic carbocycles. The standard InChI is InChI=1S/C30H26F12O13/c31-27(32,33)9-1-3-11(13(5-9)29(37,38)39)23(49)51-7-15-17(43)19(45)21(47)25(53-15)55-26-22(48)20(46)18(44)16(54-26)8-52-24(50)12-4-2-10(28(34,35)36)6-14(12)30(40,41)42/h1-6,15-22,25-26,43-48H,7-8H2. The molecule has 0 aromatic heterocycles. The largest absolute Gasteiger partial charge is 0.459 e. The molecule has 2 fully saturated rings. The molecule has 13 nitrogen and oxygen atoms in total. The van der Waals surface area contributed by atoms with Gasteiger partial charge < -0.3 is 54.3 Å². The lowest BCUT2D eigenvalue weighted by molar-refractivity contribution is -0.376. The average Bonchev–Trinajstić information content (AvgIpc) is 3.08. The van der Waals surface area contributed by atoms with Crippen molar-refractivity contribution in [3.05, 3.63) is 69.8 Å². The SMILES string of the molecule is O=C(OCC1OC(OC2OC(COC(=O)c3ccc(C(F)(F)F)cc3C(F)(F)F)C(O)C(O)C2O)C(O)C(O)C1O)c1ccc(C(F)(F)F)cc1C(F)(F)F. The second-order valence-corrected chi connectivity index (χ2v) is 11.9. The summed E-state index contributed by atoms with van der Waals surface area (Å²) in [7, 11) is 0. The van der Waals surface area contributed by atoms with Crippen LogP contribution in [0.4, 0.5) is 52.7 Å². The minimum atomic E-state index is -5.50. The molecular weight excluding hydrogens is 796 g/mol. The molecule has 0 saturated carbocycles. The molecule has 55 heavy (non-hydrogen) atoms. The van der Waals surface area contributed by atoms with E-state index in [9.17, 15) is 92.9 Å². The monoisotopic (exact) mass is 822 g/mol. The van der Waals surface area contributed by atoms with E-state index in [0.717, 1.165) is 0 Å². The quantitative estimate of drug-likeness (QED) is 0.168. The first-order valence-electron chi connectivity index (χ1n) is 15.1. The van der Waals surface area contributed by atoms with Crippen LogP contribution in [-0.4, -0.2) is 117 Å². The molecular formula is C30H26F12O13. The Labute approximate surface area is 298 Å². The molecule has 0 amide bonds. The maximum absolute atomic E-state index is 13.5. The van der Waals surface area contributed by atoms with Gasteiger partial charge in [0.25, 0.3) is 0 Å². The third-order valence-corrected chi connectivity index (χ3v) is 8.11. The highest BCUT2D eigenvalue weighted by atomic mass is 19.4. The Kier molecular flexibility index (Phi) is 12.7. The second-order valence-electron chi connectivity index (χ2n) is 11.9. The van der Waals surface area contributed by atoms with Gasteiger partial charge in [-0.3, -0.25) is 0 Å². The molecule has 0 bridgehead atoms. The number of benzene rings is 2. The molecule has 10 unspecified atom stereocenters. The smallest absolute Gasteiger partial charge is 0.417 e. The van der Waals surface area contributed by atoms with Gasteiger partial charge in [0, 0.05) is 0 Å². The van der Waals surface area contributed by atoms with Crippen molar-refractivity contribution in [3.8, 4) is 0 Å². The van der Waals surface area contributed by atoms with Crippen molar-refractivity contribution < 1.29 is 117 Å². The Balaban J connectivity index is 1.46. The molecule has 2 aromatic rings. The number of hydrogen-bond acceptors (Lipinski definition) is 13. The van der Waals surface area contributed by atoms with Crippen LogP contribution in [0.3, 0.4) is 0 Å². The Morgan fingerprint density at radius 1 is 0.509 bits per heavy atom. The zero-order valence-corrected chi connectivity index (χ0v) is 26.7. The van der Waals surface area contributed by atoms with E-state index >= 15 is 0 Å². The third kappa shape index (κ3) is 9.95. The van der Waals surface area contributed by atoms with Crippen LogP contribution in [0.2, 0.25) is 0 Å². The van der Waals surface area contributed by atoms with Gasteiger partial charge in [0.05, 0.1) is 33.4 Å². The van der Waals surface area contributed by atoms with Gasteiger partial charge in [-0.05, 0) is 36.4 Å². The number of rotatable bonds is 8. The molecule has 25 heteroatoms. The fourth-order valence-electron chi connectivity index (χ4n) is 5.20. The van der Waals surface area contributed by atoms with E-state index in [4.69, 9.17) is 14.2 Å². The summed E-state index contributed by atoms with van der Waals surface area (Å²) in [5, 5.41) is 62.1. The van der Waals surface area contributed by atoms with Crippen LogP contribution in [0.15, 0.2) is 36.4 Å². The van der Waals surface area contributed by atoms with Crippen LogP contribution in [0.5, 0.6) is 0 Å². The van der Waals surface area contributed by atoms with Crippen LogP contribution >= 0.6 is 0 Å². The van der Waals surface area contributed by atoms with Gasteiger partial charge in [-0.15, -0.1) is 0 Å². The van der Waals surface area contributed by atoms with Crippen LogP contribution in [-0.2, 0) is 48.4 Å². The summed E-state index contributed by atoms with van der Waals surface area (Å²) in [5.41, 5.74) is -10.5. The first-order chi connectivity index (χ1) is 25.1. The highest BCUT2D eigenvalue weighted by Gasteiger charge is 2.51. The summed E-state index contributed by atoms with van der Waals surface area (Å²) in [5.74, 6) is -3.79. The number of ether oxygens (including phenoxy) is 5. The number of esters is 2. The number of aliphatic hydroxyl groups excluding tert-OH is 6. The molecule has 2 heterocycles. The van der Waals surface area contributed by atoms with Crippen molar-refractivity contribution in [2.45, 2.75) is 86.1 Å². The zero-order chi connectivity index (χ0) is 41.6. The van der Waals surface area contributed by atoms with Crippen LogP contribution < -0.4 is 0 Å². The Hall–Kier alpha value is -3.82. The number of alkyl halides is 12. The van der Waals surface area contributed by atoms with Crippen molar-refractivity contribution in [3.63, 3.8) is 0 Å². The molecule has 2 aliphatic heterocycles. The predicted molar refractivity (Wildman–Crippen MR) is 148 cm³/mol. The second kappa shape index (κ2) is 16.0. The lowest BCUT2D eigenvalue weighted by Crippen LogP contribution is -2.64. The molecule has 10 atom stereocenters. The summed E-state index contributed by atoms with van der Waals surface area (Å²) in [6.45, 7) is -2.56. The fourth-order valence-corrected chi connectivity index (χ4v) is 5.20. The maximum Gasteiger partial charge on any atom is 0.417 e. The van der Waals surface area contributed by atoms with E-state index in [-0.39, 0.29) is 36.4 Å². The topological polar surface area (TPSA) is 202 Å². The summed E-state index contributed by atoms with van der Waals surface area (Å²) in [6.07, 6.45) is -43.8. The van der Waals surface area contributed by atoms with E-state index in [1.54, 1.807) is 0 Å². The van der Waals surface area contributed by atoms with E-state index in [1.165, 1.54) is 0 Å². The Morgan fingerprint density at radius 2 is 0.836 bits per heavy atom. The predicted octanol–water partition coefficient (Wildman–Crippen LogP) is 2.41. The number of halogens is 12. The summed E-state index contributed by atoms with van der Waals surface area (Å²) in [4.78, 5) is 25.0. The molecule has 4 rings (SSSR count). The highest BCUT2D eigenvalue weighted by Crippen LogP contribution is 2.39. The van der Waals surface area contributed by atoms with E-state index < -0.39 is 145 Å². The van der Waals surface area contributed by atoms with Gasteiger partial charge >= 0.3 is 36.6 Å². The lowest BCUT2D eigenvalue weighted by Gasteiger charge is -2.44. The number of carbonyl (C=O) groups excluding carboxylic acids is 2. The molecule has 0 spiro atoms. The summed E-state index contributed by atoms with van der Waals surface area (Å²) in [6, 6.07) is -0.127. The molecule has 0 radical (unpaired) electrons. The number of aliphatic hydroxyl groups is 6. The molecule has 0 aliphatic carbocycles. The van der Waals surface area contributed by atoms with Crippen molar-refractivity contribution >= 4 is 11.9 Å². The van der Waals surface area contributed by atoms with Gasteiger partial charge in [0.15, 0.2) is 12.6 Å². The van der Waals surface area contributed by atoms with Crippen molar-refractivity contribution in [1.29, 1.82) is 0 Å². The first kappa shape index (κ1) is 43.9. The summed E-state index contributed by atoms with van der Waals surface area (Å²) >= 11 is 0. The molecule has 308 valence electrons. The third-order valence-electron chi connectivity index (χ3n) is 8.11. The van der Waals surface area contributed by atoms with Crippen LogP contribution in [0.25, 0.3) is 0 Å². The lowest BCUT2D eigenvalue weighted by atomic mass is 9.98. The van der Waals surface area contributed by atoms with Crippen molar-refractivity contribution in [2.24, 2.45) is 0 Å². The highest BCUT2D eigenvalue weighted by molar-refractivity contribution is 5.92. The van der Waals surface area contributed by atoms with Crippen molar-refractivity contribution in [2.75, 3.05) is 13.2 Å². The van der Waals surface area contributed by atoms with Gasteiger partial charge in [0.1, 0.15) is 62.0 Å². The van der Waals surface area contributed by atoms with Crippen LogP contribution in [0, 0.1) is 0 Å². The van der Waals surface area contributed by atoms with E-state index in [2.05, 4.69) is 9.47 Å². The minimum absolute atomic E-state index is 0.144. The number of carbonyl (C=O) groups is 2. The molecule has 6 N–H and O–H groups in total. The summed E-state index contributed by atoms with van der Waals surface area (Å²) < 4.78 is 184. The maximum atomic E-state index is 13.5.